The van der Waals surface area contributed by atoms with Crippen molar-refractivity contribution < 1.29 is 4.79 Å². The first-order chi connectivity index (χ1) is 11.2. The van der Waals surface area contributed by atoms with Gasteiger partial charge in [0, 0.05) is 6.04 Å². The molecule has 0 unspecified atom stereocenters. The average molecular weight is 336 g/mol. The molecule has 0 aliphatic carbocycles. The quantitative estimate of drug-likeness (QED) is 0.660. The van der Waals surface area contributed by atoms with Crippen LogP contribution in [0.1, 0.15) is 20.8 Å². The summed E-state index contributed by atoms with van der Waals surface area (Å²) in [5.41, 5.74) is -2.42. The summed E-state index contributed by atoms with van der Waals surface area (Å²) < 4.78 is 2.46. The molecule has 1 heterocycles. The maximum absolute atomic E-state index is 12.4. The van der Waals surface area contributed by atoms with Gasteiger partial charge >= 0.3 is 17.1 Å². The van der Waals surface area contributed by atoms with Crippen molar-refractivity contribution in [2.24, 2.45) is 5.92 Å². The lowest BCUT2D eigenvalue weighted by Crippen LogP contribution is -2.56. The van der Waals surface area contributed by atoms with Gasteiger partial charge in [-0.2, -0.15) is 0 Å². The number of nitrogens with one attached hydrogen (secondary N) is 1. The molecular formula is C16H24N4O4. The number of aromatic nitrogens is 3. The fourth-order valence-corrected chi connectivity index (χ4v) is 2.00. The lowest BCUT2D eigenvalue weighted by Gasteiger charge is -2.18. The maximum Gasteiger partial charge on any atom is 0.337 e. The normalized spacial score (nSPS) is 12.0. The Bertz CT molecular complexity index is 750. The van der Waals surface area contributed by atoms with Gasteiger partial charge in [-0.25, -0.2) is 28.1 Å². The monoisotopic (exact) mass is 336 g/mol. The Kier molecular flexibility index (Phi) is 6.69. The van der Waals surface area contributed by atoms with E-state index in [1.807, 2.05) is 20.8 Å². The summed E-state index contributed by atoms with van der Waals surface area (Å²) in [6, 6.07) is -0.109. The van der Waals surface area contributed by atoms with Crippen LogP contribution in [0.2, 0.25) is 0 Å². The fourth-order valence-electron chi connectivity index (χ4n) is 2.00. The molecule has 1 aromatic heterocycles. The molecule has 0 bridgehead atoms. The third kappa shape index (κ3) is 4.21. The fraction of sp³-hybridized carbons (Fsp3) is 0.500. The second kappa shape index (κ2) is 8.28. The minimum atomic E-state index is -0.836. The highest BCUT2D eigenvalue weighted by Crippen LogP contribution is 1.99. The molecular weight excluding hydrogens is 312 g/mol. The smallest absolute Gasteiger partial charge is 0.337 e. The summed E-state index contributed by atoms with van der Waals surface area (Å²) in [6.45, 7) is 12.1. The molecule has 1 aromatic rings. The van der Waals surface area contributed by atoms with Crippen LogP contribution in [0.4, 0.5) is 0 Å². The van der Waals surface area contributed by atoms with E-state index in [0.717, 1.165) is 13.7 Å². The summed E-state index contributed by atoms with van der Waals surface area (Å²) >= 11 is 0. The Morgan fingerprint density at radius 2 is 1.38 bits per heavy atom. The molecule has 1 rings (SSSR count). The van der Waals surface area contributed by atoms with Crippen molar-refractivity contribution >= 4 is 5.91 Å². The standard InChI is InChI=1S/C16H24N4O4/c1-6-8-18-14(22)19(9-7-2)16(24)20(15(18)23)10-13(21)17-12(5)11(3)4/h6-7,11-12H,1-2,8-10H2,3-5H3,(H,17,21)/t12-/m0/s1. The van der Waals surface area contributed by atoms with Gasteiger partial charge < -0.3 is 5.32 Å². The van der Waals surface area contributed by atoms with Gasteiger partial charge in [-0.1, -0.05) is 26.0 Å². The van der Waals surface area contributed by atoms with Crippen LogP contribution >= 0.6 is 0 Å². The molecule has 0 spiro atoms. The number of amides is 1. The molecule has 8 heteroatoms. The largest absolute Gasteiger partial charge is 0.352 e. The highest BCUT2D eigenvalue weighted by Gasteiger charge is 2.18. The summed E-state index contributed by atoms with van der Waals surface area (Å²) in [4.78, 5) is 49.1. The molecule has 0 radical (unpaired) electrons. The Labute approximate surface area is 139 Å². The third-order valence-electron chi connectivity index (χ3n) is 3.70. The number of carbonyl (C=O) groups is 1. The average Bonchev–Trinajstić information content (AvgIpc) is 2.52. The van der Waals surface area contributed by atoms with E-state index in [4.69, 9.17) is 0 Å². The highest BCUT2D eigenvalue weighted by molar-refractivity contribution is 5.75. The summed E-state index contributed by atoms with van der Waals surface area (Å²) in [6.07, 6.45) is 2.74. The molecule has 8 nitrogen and oxygen atoms in total. The van der Waals surface area contributed by atoms with Crippen molar-refractivity contribution in [1.29, 1.82) is 0 Å². The number of carbonyl (C=O) groups excluding carboxylic acids is 1. The second-order valence-corrected chi connectivity index (χ2v) is 5.83. The lowest BCUT2D eigenvalue weighted by atomic mass is 10.1. The van der Waals surface area contributed by atoms with E-state index in [1.165, 1.54) is 12.2 Å². The van der Waals surface area contributed by atoms with Crippen molar-refractivity contribution in [3.63, 3.8) is 0 Å². The maximum atomic E-state index is 12.4. The zero-order chi connectivity index (χ0) is 18.4. The first-order valence-corrected chi connectivity index (χ1v) is 7.70. The van der Waals surface area contributed by atoms with E-state index in [1.54, 1.807) is 0 Å². The highest BCUT2D eigenvalue weighted by atomic mass is 16.2. The number of allylic oxidation sites excluding steroid dienone is 2. The molecule has 0 aliphatic heterocycles. The molecule has 132 valence electrons. The molecule has 0 saturated carbocycles. The summed E-state index contributed by atoms with van der Waals surface area (Å²) in [5.74, 6) is -0.262. The number of nitrogens with zero attached hydrogens (tertiary/aromatic N) is 3. The van der Waals surface area contributed by atoms with E-state index >= 15 is 0 Å². The van der Waals surface area contributed by atoms with E-state index in [2.05, 4.69) is 18.5 Å². The van der Waals surface area contributed by atoms with Gasteiger partial charge in [-0.05, 0) is 12.8 Å². The van der Waals surface area contributed by atoms with Gasteiger partial charge in [-0.3, -0.25) is 4.79 Å². The number of hydrogen-bond acceptors (Lipinski definition) is 4. The zero-order valence-corrected chi connectivity index (χ0v) is 14.3. The molecule has 0 aliphatic rings. The molecule has 24 heavy (non-hydrogen) atoms. The van der Waals surface area contributed by atoms with Crippen LogP contribution in [-0.4, -0.2) is 25.7 Å². The van der Waals surface area contributed by atoms with Crippen LogP contribution in [0.3, 0.4) is 0 Å². The Balaban J connectivity index is 3.37. The van der Waals surface area contributed by atoms with Crippen LogP contribution in [0.5, 0.6) is 0 Å². The Morgan fingerprint density at radius 3 is 1.75 bits per heavy atom. The van der Waals surface area contributed by atoms with Gasteiger partial charge in [0.2, 0.25) is 5.91 Å². The SMILES string of the molecule is C=CCn1c(=O)n(CC=C)c(=O)n(CC(=O)N[C@@H](C)C(C)C)c1=O. The Hall–Kier alpha value is -2.64. The molecule has 0 saturated heterocycles. The first kappa shape index (κ1) is 19.4. The van der Waals surface area contributed by atoms with Crippen LogP contribution < -0.4 is 22.4 Å². The van der Waals surface area contributed by atoms with Gasteiger partial charge in [0.25, 0.3) is 0 Å². The van der Waals surface area contributed by atoms with Gasteiger partial charge in [0.05, 0.1) is 13.1 Å². The topological polar surface area (TPSA) is 95.1 Å². The van der Waals surface area contributed by atoms with Gasteiger partial charge in [0.1, 0.15) is 6.54 Å². The van der Waals surface area contributed by atoms with Crippen molar-refractivity contribution in [3.05, 3.63) is 56.8 Å². The lowest BCUT2D eigenvalue weighted by molar-refractivity contribution is -0.122. The van der Waals surface area contributed by atoms with E-state index < -0.39 is 29.5 Å². The van der Waals surface area contributed by atoms with Crippen LogP contribution in [0.25, 0.3) is 0 Å². The minimum Gasteiger partial charge on any atom is -0.352 e. The second-order valence-electron chi connectivity index (χ2n) is 5.83. The van der Waals surface area contributed by atoms with E-state index in [0.29, 0.717) is 0 Å². The summed E-state index contributed by atoms with van der Waals surface area (Å²) in [7, 11) is 0. The van der Waals surface area contributed by atoms with Crippen LogP contribution in [0, 0.1) is 5.92 Å². The first-order valence-electron chi connectivity index (χ1n) is 7.70. The minimum absolute atomic E-state index is 0.0564. The third-order valence-corrected chi connectivity index (χ3v) is 3.70. The van der Waals surface area contributed by atoms with Gasteiger partial charge in [-0.15, -0.1) is 13.2 Å². The molecule has 1 N–H and O–H groups in total. The van der Waals surface area contributed by atoms with Crippen LogP contribution in [-0.2, 0) is 24.4 Å². The zero-order valence-electron chi connectivity index (χ0n) is 14.3. The number of rotatable bonds is 8. The van der Waals surface area contributed by atoms with Crippen molar-refractivity contribution in [3.8, 4) is 0 Å². The molecule has 1 atom stereocenters. The van der Waals surface area contributed by atoms with Crippen molar-refractivity contribution in [2.45, 2.75) is 46.4 Å². The molecule has 0 fully saturated rings. The van der Waals surface area contributed by atoms with E-state index in [-0.39, 0.29) is 25.0 Å². The predicted molar refractivity (Wildman–Crippen MR) is 92.1 cm³/mol. The van der Waals surface area contributed by atoms with Crippen LogP contribution in [0.15, 0.2) is 39.7 Å². The summed E-state index contributed by atoms with van der Waals surface area (Å²) in [5, 5.41) is 2.73. The Morgan fingerprint density at radius 1 is 0.958 bits per heavy atom. The van der Waals surface area contributed by atoms with E-state index in [9.17, 15) is 19.2 Å². The molecule has 0 aromatic carbocycles. The van der Waals surface area contributed by atoms with Crippen molar-refractivity contribution in [2.75, 3.05) is 0 Å². The van der Waals surface area contributed by atoms with Crippen molar-refractivity contribution in [1.82, 2.24) is 19.0 Å². The van der Waals surface area contributed by atoms with Gasteiger partial charge in [0.15, 0.2) is 0 Å². The predicted octanol–water partition coefficient (Wildman–Crippen LogP) is -0.296. The number of hydrogen-bond donors (Lipinski definition) is 1. The molecule has 1 amide bonds.